The van der Waals surface area contributed by atoms with Crippen LogP contribution in [0.2, 0.25) is 0 Å². The van der Waals surface area contributed by atoms with Gasteiger partial charge in [0.15, 0.2) is 23.0 Å². The van der Waals surface area contributed by atoms with Crippen LogP contribution in [0.5, 0.6) is 34.5 Å². The van der Waals surface area contributed by atoms with Gasteiger partial charge in [-0.1, -0.05) is 27.7 Å². The van der Waals surface area contributed by atoms with Crippen LogP contribution in [-0.4, -0.2) is 46.6 Å². The number of fused-ring (bicyclic) bond motifs is 3. The lowest BCUT2D eigenvalue weighted by Crippen LogP contribution is -2.23. The predicted octanol–water partition coefficient (Wildman–Crippen LogP) is 4.82. The topological polar surface area (TPSA) is 92.7 Å². The van der Waals surface area contributed by atoms with Crippen molar-refractivity contribution >= 4 is 5.97 Å². The highest BCUT2D eigenvalue weighted by Gasteiger charge is 2.37. The number of aliphatic hydroxyl groups is 1. The van der Waals surface area contributed by atoms with Crippen LogP contribution in [0.4, 0.5) is 0 Å². The van der Waals surface area contributed by atoms with E-state index < -0.39 is 12.1 Å². The van der Waals surface area contributed by atoms with E-state index in [1.807, 2.05) is 13.0 Å². The van der Waals surface area contributed by atoms with E-state index in [1.54, 1.807) is 27.0 Å². The van der Waals surface area contributed by atoms with E-state index in [0.717, 1.165) is 5.56 Å². The Morgan fingerprint density at radius 2 is 1.37 bits per heavy atom. The number of methoxy groups -OCH3 is 5. The average molecular weight is 489 g/mol. The number of esters is 1. The molecule has 1 aliphatic rings. The van der Waals surface area contributed by atoms with Crippen molar-refractivity contribution in [3.63, 3.8) is 0 Å². The lowest BCUT2D eigenvalue weighted by molar-refractivity contribution is -0.137. The molecular formula is C27H36O8. The van der Waals surface area contributed by atoms with Crippen molar-refractivity contribution in [2.24, 2.45) is 17.8 Å². The maximum Gasteiger partial charge on any atom is 0.313 e. The van der Waals surface area contributed by atoms with Crippen LogP contribution in [0.25, 0.3) is 11.1 Å². The van der Waals surface area contributed by atoms with Crippen LogP contribution in [0, 0.1) is 17.8 Å². The largest absolute Gasteiger partial charge is 0.493 e. The van der Waals surface area contributed by atoms with Gasteiger partial charge in [-0.25, -0.2) is 0 Å². The summed E-state index contributed by atoms with van der Waals surface area (Å²) in [6.07, 6.45) is -0.250. The van der Waals surface area contributed by atoms with Gasteiger partial charge in [-0.2, -0.15) is 0 Å². The molecule has 3 rings (SSSR count). The Kier molecular flexibility index (Phi) is 8.05. The summed E-state index contributed by atoms with van der Waals surface area (Å²) in [5, 5.41) is 11.5. The minimum absolute atomic E-state index is 0.0859. The summed E-state index contributed by atoms with van der Waals surface area (Å²) in [7, 11) is 7.61. The second-order valence-corrected chi connectivity index (χ2v) is 9.15. The fraction of sp³-hybridized carbons (Fsp3) is 0.519. The Morgan fingerprint density at radius 1 is 0.829 bits per heavy atom. The second kappa shape index (κ2) is 10.6. The van der Waals surface area contributed by atoms with E-state index in [9.17, 15) is 9.90 Å². The normalized spacial score (nSPS) is 19.1. The first-order valence-electron chi connectivity index (χ1n) is 11.7. The molecule has 192 valence electrons. The average Bonchev–Trinajstić information content (AvgIpc) is 2.85. The Balaban J connectivity index is 2.57. The third-order valence-corrected chi connectivity index (χ3v) is 6.75. The molecule has 2 aromatic carbocycles. The van der Waals surface area contributed by atoms with Crippen molar-refractivity contribution in [3.8, 4) is 45.6 Å². The van der Waals surface area contributed by atoms with Crippen molar-refractivity contribution < 1.29 is 38.3 Å². The van der Waals surface area contributed by atoms with E-state index in [0.29, 0.717) is 46.1 Å². The molecule has 0 spiro atoms. The summed E-state index contributed by atoms with van der Waals surface area (Å²) in [6, 6.07) is 3.64. The highest BCUT2D eigenvalue weighted by atomic mass is 16.6. The molecule has 8 heteroatoms. The third kappa shape index (κ3) is 4.59. The molecule has 0 saturated heterocycles. The lowest BCUT2D eigenvalue weighted by atomic mass is 9.76. The molecule has 0 heterocycles. The Hall–Kier alpha value is -3.13. The van der Waals surface area contributed by atoms with E-state index in [2.05, 4.69) is 6.92 Å². The summed E-state index contributed by atoms with van der Waals surface area (Å²) < 4.78 is 34.4. The van der Waals surface area contributed by atoms with Crippen LogP contribution in [0.15, 0.2) is 12.1 Å². The summed E-state index contributed by atoms with van der Waals surface area (Å²) in [4.78, 5) is 12.8. The van der Waals surface area contributed by atoms with Crippen molar-refractivity contribution in [1.29, 1.82) is 0 Å². The second-order valence-electron chi connectivity index (χ2n) is 9.15. The van der Waals surface area contributed by atoms with Crippen LogP contribution >= 0.6 is 0 Å². The first-order valence-corrected chi connectivity index (χ1v) is 11.7. The standard InChI is InChI=1S/C27H36O8/c1-13(2)27(29)35-26-20-16(11-18(30-5)24(26)33-8)10-14(3)15(4)22(28)17-12-19(31-6)23(32-7)25(34-9)21(17)20/h11-15,22,28H,10H2,1-9H3. The van der Waals surface area contributed by atoms with Crippen molar-refractivity contribution in [3.05, 3.63) is 23.3 Å². The van der Waals surface area contributed by atoms with Crippen molar-refractivity contribution in [1.82, 2.24) is 0 Å². The van der Waals surface area contributed by atoms with E-state index in [4.69, 9.17) is 28.4 Å². The number of aliphatic hydroxyl groups excluding tert-OH is 1. The van der Waals surface area contributed by atoms with Crippen LogP contribution < -0.4 is 28.4 Å². The summed E-state index contributed by atoms with van der Waals surface area (Å²) in [5.41, 5.74) is 2.59. The molecule has 0 bridgehead atoms. The molecule has 3 unspecified atom stereocenters. The van der Waals surface area contributed by atoms with Crippen LogP contribution in [0.1, 0.15) is 44.9 Å². The number of hydrogen-bond donors (Lipinski definition) is 1. The molecule has 1 N–H and O–H groups in total. The van der Waals surface area contributed by atoms with E-state index in [1.165, 1.54) is 28.4 Å². The van der Waals surface area contributed by atoms with Crippen LogP contribution in [-0.2, 0) is 11.2 Å². The van der Waals surface area contributed by atoms with Gasteiger partial charge in [0.25, 0.3) is 0 Å². The number of benzene rings is 2. The first-order chi connectivity index (χ1) is 16.6. The molecule has 0 aromatic heterocycles. The number of carbonyl (C=O) groups excluding carboxylic acids is 1. The summed E-state index contributed by atoms with van der Waals surface area (Å²) in [6.45, 7) is 7.61. The fourth-order valence-electron chi connectivity index (χ4n) is 4.56. The SMILES string of the molecule is COc1cc2c(c(OC(=O)C(C)C)c1OC)-c1c(cc(OC)c(OC)c1OC)C(O)C(C)C(C)C2. The zero-order chi connectivity index (χ0) is 26.0. The number of carbonyl (C=O) groups is 1. The first kappa shape index (κ1) is 26.5. The van der Waals surface area contributed by atoms with Gasteiger partial charge in [0.2, 0.25) is 11.5 Å². The molecule has 8 nitrogen and oxygen atoms in total. The smallest absolute Gasteiger partial charge is 0.313 e. The van der Waals surface area contributed by atoms with E-state index >= 15 is 0 Å². The zero-order valence-electron chi connectivity index (χ0n) is 22.0. The molecular weight excluding hydrogens is 452 g/mol. The van der Waals surface area contributed by atoms with Gasteiger partial charge in [0, 0.05) is 11.1 Å². The Labute approximate surface area is 207 Å². The van der Waals surface area contributed by atoms with Gasteiger partial charge >= 0.3 is 5.97 Å². The molecule has 0 fully saturated rings. The minimum Gasteiger partial charge on any atom is -0.493 e. The highest BCUT2D eigenvalue weighted by molar-refractivity contribution is 5.91. The maximum absolute atomic E-state index is 12.8. The lowest BCUT2D eigenvalue weighted by Gasteiger charge is -2.33. The van der Waals surface area contributed by atoms with Gasteiger partial charge in [-0.3, -0.25) is 4.79 Å². The Morgan fingerprint density at radius 3 is 1.89 bits per heavy atom. The molecule has 35 heavy (non-hydrogen) atoms. The van der Waals surface area contributed by atoms with Gasteiger partial charge in [0.05, 0.1) is 47.6 Å². The van der Waals surface area contributed by atoms with Gasteiger partial charge in [0.1, 0.15) is 0 Å². The molecule has 0 amide bonds. The molecule has 3 atom stereocenters. The number of rotatable bonds is 7. The van der Waals surface area contributed by atoms with E-state index in [-0.39, 0.29) is 29.3 Å². The highest BCUT2D eigenvalue weighted by Crippen LogP contribution is 2.57. The summed E-state index contributed by atoms with van der Waals surface area (Å²) >= 11 is 0. The molecule has 0 aliphatic heterocycles. The fourth-order valence-corrected chi connectivity index (χ4v) is 4.56. The molecule has 1 aliphatic carbocycles. The molecule has 2 aromatic rings. The molecule has 0 radical (unpaired) electrons. The van der Waals surface area contributed by atoms with Crippen molar-refractivity contribution in [2.75, 3.05) is 35.5 Å². The van der Waals surface area contributed by atoms with Gasteiger partial charge < -0.3 is 33.5 Å². The van der Waals surface area contributed by atoms with Crippen LogP contribution in [0.3, 0.4) is 0 Å². The van der Waals surface area contributed by atoms with Gasteiger partial charge in [-0.05, 0) is 41.5 Å². The van der Waals surface area contributed by atoms with Crippen molar-refractivity contribution in [2.45, 2.75) is 40.2 Å². The minimum atomic E-state index is -0.844. The van der Waals surface area contributed by atoms with Gasteiger partial charge in [-0.15, -0.1) is 0 Å². The quantitative estimate of drug-likeness (QED) is 0.438. The zero-order valence-corrected chi connectivity index (χ0v) is 22.0. The maximum atomic E-state index is 12.8. The third-order valence-electron chi connectivity index (χ3n) is 6.75. The molecule has 0 saturated carbocycles. The monoisotopic (exact) mass is 488 g/mol. The predicted molar refractivity (Wildman–Crippen MR) is 132 cm³/mol. The Bertz CT molecular complexity index is 1090. The number of ether oxygens (including phenoxy) is 6. The number of hydrogen-bond acceptors (Lipinski definition) is 8. The summed E-state index contributed by atoms with van der Waals surface area (Å²) in [5.74, 6) is 1.25.